The van der Waals surface area contributed by atoms with Crippen molar-refractivity contribution in [1.82, 2.24) is 4.73 Å². The molecule has 0 saturated heterocycles. The maximum absolute atomic E-state index is 12.7. The second kappa shape index (κ2) is 5.34. The number of rotatable bonds is 1. The predicted octanol–water partition coefficient (Wildman–Crippen LogP) is 3.43. The number of fused-ring (bicyclic) bond motifs is 2. The van der Waals surface area contributed by atoms with Crippen LogP contribution >= 0.6 is 0 Å². The van der Waals surface area contributed by atoms with Gasteiger partial charge in [0.1, 0.15) is 6.61 Å². The van der Waals surface area contributed by atoms with Gasteiger partial charge < -0.3 is 4.84 Å². The fourth-order valence-electron chi connectivity index (χ4n) is 3.22. The summed E-state index contributed by atoms with van der Waals surface area (Å²) < 4.78 is 1.53. The van der Waals surface area contributed by atoms with Crippen LogP contribution in [0.25, 0.3) is 21.9 Å². The normalized spacial score (nSPS) is 14.2. The van der Waals surface area contributed by atoms with E-state index in [2.05, 4.69) is 12.1 Å². The van der Waals surface area contributed by atoms with Gasteiger partial charge in [-0.2, -0.15) is 0 Å². The maximum Gasteiger partial charge on any atom is 0.291 e. The smallest absolute Gasteiger partial charge is 0.291 e. The van der Waals surface area contributed by atoms with Crippen LogP contribution in [0.2, 0.25) is 0 Å². The largest absolute Gasteiger partial charge is 0.411 e. The van der Waals surface area contributed by atoms with Gasteiger partial charge in [-0.25, -0.2) is 0 Å². The Bertz CT molecular complexity index is 881. The van der Waals surface area contributed by atoms with Crippen LogP contribution in [0.4, 0.5) is 0 Å². The van der Waals surface area contributed by atoms with Crippen molar-refractivity contribution in [3.05, 3.63) is 70.6 Å². The minimum Gasteiger partial charge on any atom is -0.411 e. The molecule has 0 aliphatic carbocycles. The minimum atomic E-state index is -0.0489. The van der Waals surface area contributed by atoms with Crippen LogP contribution in [0, 0.1) is 0 Å². The molecule has 0 atom stereocenters. The molecule has 0 N–H and O–H groups in total. The highest BCUT2D eigenvalue weighted by atomic mass is 16.7. The molecule has 0 fully saturated rings. The molecule has 1 aromatic heterocycles. The Labute approximate surface area is 128 Å². The average Bonchev–Trinajstić information content (AvgIpc) is 2.82. The highest BCUT2D eigenvalue weighted by Crippen LogP contribution is 2.31. The van der Waals surface area contributed by atoms with Crippen molar-refractivity contribution in [3.63, 3.8) is 0 Å². The number of aromatic nitrogens is 1. The second-order valence-electron chi connectivity index (χ2n) is 5.62. The molecule has 2 heterocycles. The lowest BCUT2D eigenvalue weighted by atomic mass is 9.95. The number of pyridine rings is 1. The third kappa shape index (κ3) is 2.01. The summed E-state index contributed by atoms with van der Waals surface area (Å²) >= 11 is 0. The lowest BCUT2D eigenvalue weighted by molar-refractivity contribution is 0.105. The monoisotopic (exact) mass is 291 g/mol. The van der Waals surface area contributed by atoms with Crippen LogP contribution < -0.4 is 10.4 Å². The van der Waals surface area contributed by atoms with Crippen LogP contribution in [0.15, 0.2) is 59.4 Å². The Morgan fingerprint density at radius 3 is 2.41 bits per heavy atom. The zero-order valence-corrected chi connectivity index (χ0v) is 12.3. The fourth-order valence-corrected chi connectivity index (χ4v) is 3.22. The van der Waals surface area contributed by atoms with Gasteiger partial charge in [-0.15, -0.1) is 4.73 Å². The van der Waals surface area contributed by atoms with Crippen LogP contribution in [0.5, 0.6) is 0 Å². The molecular weight excluding hydrogens is 274 g/mol. The lowest BCUT2D eigenvalue weighted by Gasteiger charge is -2.17. The summed E-state index contributed by atoms with van der Waals surface area (Å²) in [5.41, 5.74) is 3.20. The molecule has 0 spiro atoms. The first-order chi connectivity index (χ1) is 10.9. The molecular formula is C19H17NO2. The van der Waals surface area contributed by atoms with E-state index in [-0.39, 0.29) is 5.56 Å². The van der Waals surface area contributed by atoms with E-state index < -0.39 is 0 Å². The van der Waals surface area contributed by atoms with Crippen LogP contribution in [0.3, 0.4) is 0 Å². The molecule has 0 bridgehead atoms. The second-order valence-corrected chi connectivity index (χ2v) is 5.62. The number of hydrogen-bond acceptors (Lipinski definition) is 2. The molecule has 0 saturated carbocycles. The number of nitrogens with zero attached hydrogens (tertiary/aromatic N) is 1. The van der Waals surface area contributed by atoms with Gasteiger partial charge in [0.25, 0.3) is 5.56 Å². The molecule has 1 aliphatic heterocycles. The van der Waals surface area contributed by atoms with Gasteiger partial charge in [-0.05, 0) is 36.3 Å². The van der Waals surface area contributed by atoms with Gasteiger partial charge in [0.15, 0.2) is 0 Å². The SMILES string of the molecule is O=c1c2ccccc2c(-c2ccccc2)c2n1OCCCC2. The molecule has 4 rings (SSSR count). The van der Waals surface area contributed by atoms with Crippen molar-refractivity contribution in [2.45, 2.75) is 19.3 Å². The molecule has 1 aliphatic rings. The van der Waals surface area contributed by atoms with E-state index in [0.717, 1.165) is 41.5 Å². The van der Waals surface area contributed by atoms with E-state index in [1.165, 1.54) is 4.73 Å². The first-order valence-corrected chi connectivity index (χ1v) is 7.71. The van der Waals surface area contributed by atoms with Crippen molar-refractivity contribution in [1.29, 1.82) is 0 Å². The molecule has 22 heavy (non-hydrogen) atoms. The Morgan fingerprint density at radius 1 is 0.864 bits per heavy atom. The Morgan fingerprint density at radius 2 is 1.59 bits per heavy atom. The van der Waals surface area contributed by atoms with Crippen molar-refractivity contribution in [3.8, 4) is 11.1 Å². The van der Waals surface area contributed by atoms with Gasteiger partial charge in [0, 0.05) is 5.56 Å². The van der Waals surface area contributed by atoms with Crippen molar-refractivity contribution in [2.75, 3.05) is 6.61 Å². The van der Waals surface area contributed by atoms with E-state index in [9.17, 15) is 4.79 Å². The summed E-state index contributed by atoms with van der Waals surface area (Å²) in [5, 5.41) is 1.72. The summed E-state index contributed by atoms with van der Waals surface area (Å²) in [6, 6.07) is 18.1. The van der Waals surface area contributed by atoms with Gasteiger partial charge in [-0.3, -0.25) is 4.79 Å². The lowest BCUT2D eigenvalue weighted by Crippen LogP contribution is -2.29. The first kappa shape index (κ1) is 13.1. The highest BCUT2D eigenvalue weighted by molar-refractivity contribution is 5.97. The van der Waals surface area contributed by atoms with Crippen molar-refractivity contribution >= 4 is 10.8 Å². The van der Waals surface area contributed by atoms with Crippen molar-refractivity contribution in [2.24, 2.45) is 0 Å². The van der Waals surface area contributed by atoms with E-state index in [1.54, 1.807) is 0 Å². The summed E-state index contributed by atoms with van der Waals surface area (Å²) in [4.78, 5) is 18.5. The molecule has 110 valence electrons. The zero-order valence-electron chi connectivity index (χ0n) is 12.3. The van der Waals surface area contributed by atoms with Crippen LogP contribution in [0.1, 0.15) is 18.5 Å². The first-order valence-electron chi connectivity index (χ1n) is 7.71. The van der Waals surface area contributed by atoms with E-state index in [4.69, 9.17) is 4.84 Å². The Balaban J connectivity index is 2.15. The highest BCUT2D eigenvalue weighted by Gasteiger charge is 2.20. The molecule has 0 unspecified atom stereocenters. The summed E-state index contributed by atoms with van der Waals surface area (Å²) in [6.07, 6.45) is 2.88. The Kier molecular flexibility index (Phi) is 3.19. The third-order valence-corrected chi connectivity index (χ3v) is 4.24. The van der Waals surface area contributed by atoms with Crippen molar-refractivity contribution < 1.29 is 4.84 Å². The Hall–Kier alpha value is -2.55. The predicted molar refractivity (Wildman–Crippen MR) is 88.0 cm³/mol. The minimum absolute atomic E-state index is 0.0489. The topological polar surface area (TPSA) is 31.2 Å². The van der Waals surface area contributed by atoms with Gasteiger partial charge in [-0.1, -0.05) is 48.5 Å². The van der Waals surface area contributed by atoms with Gasteiger partial charge >= 0.3 is 0 Å². The third-order valence-electron chi connectivity index (χ3n) is 4.24. The molecule has 3 aromatic rings. The number of hydrogen-bond donors (Lipinski definition) is 0. The van der Waals surface area contributed by atoms with Gasteiger partial charge in [0.05, 0.1) is 11.1 Å². The van der Waals surface area contributed by atoms with Crippen LogP contribution in [-0.2, 0) is 6.42 Å². The summed E-state index contributed by atoms with van der Waals surface area (Å²) in [5.74, 6) is 0. The molecule has 3 nitrogen and oxygen atoms in total. The zero-order chi connectivity index (χ0) is 14.9. The maximum atomic E-state index is 12.7. The van der Waals surface area contributed by atoms with E-state index >= 15 is 0 Å². The standard InChI is InChI=1S/C19H17NO2/c21-19-16-11-5-4-10-15(16)18(14-8-2-1-3-9-14)17-12-6-7-13-22-20(17)19/h1-5,8-11H,6-7,12-13H2. The molecule has 3 heteroatoms. The fraction of sp³-hybridized carbons (Fsp3) is 0.211. The van der Waals surface area contributed by atoms with Gasteiger partial charge in [0.2, 0.25) is 0 Å². The average molecular weight is 291 g/mol. The van der Waals surface area contributed by atoms with Crippen LogP contribution in [-0.4, -0.2) is 11.3 Å². The number of benzene rings is 2. The molecule has 0 radical (unpaired) electrons. The molecule has 0 amide bonds. The quantitative estimate of drug-likeness (QED) is 0.688. The summed E-state index contributed by atoms with van der Waals surface area (Å²) in [7, 11) is 0. The van der Waals surface area contributed by atoms with E-state index in [0.29, 0.717) is 12.0 Å². The molecule has 2 aromatic carbocycles. The summed E-state index contributed by atoms with van der Waals surface area (Å²) in [6.45, 7) is 0.597. The van der Waals surface area contributed by atoms with E-state index in [1.807, 2.05) is 42.5 Å².